The average molecular weight is 244 g/mol. The molecule has 0 unspecified atom stereocenters. The summed E-state index contributed by atoms with van der Waals surface area (Å²) in [6, 6.07) is 9.90. The molecule has 0 atom stereocenters. The first-order valence-corrected chi connectivity index (χ1v) is 5.83. The fourth-order valence-electron chi connectivity index (χ4n) is 1.71. The van der Waals surface area contributed by atoms with Crippen molar-refractivity contribution in [2.45, 2.75) is 19.9 Å². The van der Waals surface area contributed by atoms with Gasteiger partial charge in [-0.2, -0.15) is 0 Å². The van der Waals surface area contributed by atoms with Gasteiger partial charge in [-0.25, -0.2) is 4.98 Å². The van der Waals surface area contributed by atoms with Crippen LogP contribution in [0.2, 0.25) is 0 Å². The van der Waals surface area contributed by atoms with Crippen LogP contribution in [0.15, 0.2) is 41.1 Å². The largest absolute Gasteiger partial charge is 0.448 e. The number of carbonyl (C=O) groups excluding carboxylic acids is 1. The van der Waals surface area contributed by atoms with Gasteiger partial charge >= 0.3 is 0 Å². The van der Waals surface area contributed by atoms with Crippen molar-refractivity contribution >= 4 is 5.91 Å². The number of rotatable bonds is 4. The number of likely N-dealkylation sites (N-methyl/N-ethyl adjacent to an activating group) is 1. The second kappa shape index (κ2) is 5.49. The molecule has 0 saturated heterocycles. The minimum atomic E-state index is 0.0266. The first-order chi connectivity index (χ1) is 8.66. The lowest BCUT2D eigenvalue weighted by molar-refractivity contribution is -0.130. The Morgan fingerprint density at radius 2 is 2.06 bits per heavy atom. The number of aromatic nitrogens is 1. The standard InChI is InChI=1S/C14H16N2O2/c1-11-13(18-10-15-11)8-14(17)16(2)9-12-6-4-3-5-7-12/h3-7,10H,8-9H2,1-2H3. The highest BCUT2D eigenvalue weighted by molar-refractivity contribution is 5.78. The van der Waals surface area contributed by atoms with Crippen LogP contribution in [0.4, 0.5) is 0 Å². The lowest BCUT2D eigenvalue weighted by atomic mass is 10.2. The van der Waals surface area contributed by atoms with Crippen molar-refractivity contribution in [2.75, 3.05) is 7.05 Å². The zero-order valence-electron chi connectivity index (χ0n) is 10.6. The minimum absolute atomic E-state index is 0.0266. The van der Waals surface area contributed by atoms with Gasteiger partial charge in [0.2, 0.25) is 5.91 Å². The van der Waals surface area contributed by atoms with E-state index in [1.165, 1.54) is 6.39 Å². The van der Waals surface area contributed by atoms with Crippen LogP contribution in [0.5, 0.6) is 0 Å². The summed E-state index contributed by atoms with van der Waals surface area (Å²) in [4.78, 5) is 17.7. The zero-order chi connectivity index (χ0) is 13.0. The highest BCUT2D eigenvalue weighted by atomic mass is 16.3. The molecule has 0 N–H and O–H groups in total. The Hall–Kier alpha value is -2.10. The average Bonchev–Trinajstić information content (AvgIpc) is 2.76. The summed E-state index contributed by atoms with van der Waals surface area (Å²) in [5.41, 5.74) is 1.89. The quantitative estimate of drug-likeness (QED) is 0.828. The third kappa shape index (κ3) is 2.97. The van der Waals surface area contributed by atoms with Gasteiger partial charge in [-0.05, 0) is 12.5 Å². The van der Waals surface area contributed by atoms with E-state index < -0.39 is 0 Å². The van der Waals surface area contributed by atoms with Crippen molar-refractivity contribution in [1.82, 2.24) is 9.88 Å². The predicted octanol–water partition coefficient (Wildman–Crippen LogP) is 2.18. The van der Waals surface area contributed by atoms with E-state index in [2.05, 4.69) is 4.98 Å². The Bertz CT molecular complexity index is 520. The number of aryl methyl sites for hydroxylation is 1. The van der Waals surface area contributed by atoms with E-state index in [0.717, 1.165) is 11.3 Å². The molecule has 2 rings (SSSR count). The van der Waals surface area contributed by atoms with Gasteiger partial charge in [0.1, 0.15) is 5.76 Å². The van der Waals surface area contributed by atoms with Crippen LogP contribution in [0.3, 0.4) is 0 Å². The van der Waals surface area contributed by atoms with Crippen molar-refractivity contribution in [3.05, 3.63) is 53.7 Å². The van der Waals surface area contributed by atoms with Crippen LogP contribution in [0.25, 0.3) is 0 Å². The second-order valence-corrected chi connectivity index (χ2v) is 4.27. The molecule has 0 saturated carbocycles. The van der Waals surface area contributed by atoms with Gasteiger partial charge < -0.3 is 9.32 Å². The molecule has 4 nitrogen and oxygen atoms in total. The van der Waals surface area contributed by atoms with E-state index in [-0.39, 0.29) is 12.3 Å². The number of benzene rings is 1. The van der Waals surface area contributed by atoms with Crippen molar-refractivity contribution < 1.29 is 9.21 Å². The number of oxazole rings is 1. The van der Waals surface area contributed by atoms with Gasteiger partial charge in [0.05, 0.1) is 12.1 Å². The minimum Gasteiger partial charge on any atom is -0.448 e. The molecule has 4 heteroatoms. The molecule has 0 aliphatic heterocycles. The van der Waals surface area contributed by atoms with Gasteiger partial charge in [0, 0.05) is 13.6 Å². The molecule has 0 bridgehead atoms. The van der Waals surface area contributed by atoms with Gasteiger partial charge in [-0.1, -0.05) is 30.3 Å². The fraction of sp³-hybridized carbons (Fsp3) is 0.286. The molecule has 0 radical (unpaired) electrons. The van der Waals surface area contributed by atoms with Gasteiger partial charge in [0.15, 0.2) is 6.39 Å². The summed E-state index contributed by atoms with van der Waals surface area (Å²) < 4.78 is 5.18. The highest BCUT2D eigenvalue weighted by Crippen LogP contribution is 2.09. The summed E-state index contributed by atoms with van der Waals surface area (Å²) in [6.45, 7) is 2.44. The Morgan fingerprint density at radius 3 is 2.67 bits per heavy atom. The van der Waals surface area contributed by atoms with Crippen LogP contribution in [-0.4, -0.2) is 22.8 Å². The number of hydrogen-bond donors (Lipinski definition) is 0. The molecule has 0 aliphatic carbocycles. The second-order valence-electron chi connectivity index (χ2n) is 4.27. The van der Waals surface area contributed by atoms with Crippen molar-refractivity contribution in [2.24, 2.45) is 0 Å². The maximum Gasteiger partial charge on any atom is 0.230 e. The van der Waals surface area contributed by atoms with E-state index in [0.29, 0.717) is 12.3 Å². The Kier molecular flexibility index (Phi) is 3.77. The molecule has 0 fully saturated rings. The first kappa shape index (κ1) is 12.4. The molecule has 0 aliphatic rings. The highest BCUT2D eigenvalue weighted by Gasteiger charge is 2.14. The molecule has 18 heavy (non-hydrogen) atoms. The van der Waals surface area contributed by atoms with E-state index in [1.807, 2.05) is 37.3 Å². The Labute approximate surface area is 106 Å². The summed E-state index contributed by atoms with van der Waals surface area (Å²) in [7, 11) is 1.79. The smallest absolute Gasteiger partial charge is 0.230 e. The molecule has 2 aromatic rings. The lowest BCUT2D eigenvalue weighted by Crippen LogP contribution is -2.27. The van der Waals surface area contributed by atoms with E-state index >= 15 is 0 Å². The van der Waals surface area contributed by atoms with E-state index in [9.17, 15) is 4.79 Å². The number of amides is 1. The number of hydrogen-bond acceptors (Lipinski definition) is 3. The molecule has 1 aromatic carbocycles. The van der Waals surface area contributed by atoms with Gasteiger partial charge in [0.25, 0.3) is 0 Å². The molecular formula is C14H16N2O2. The third-order valence-corrected chi connectivity index (χ3v) is 2.84. The maximum absolute atomic E-state index is 12.0. The molecule has 1 aromatic heterocycles. The number of nitrogens with zero attached hydrogens (tertiary/aromatic N) is 2. The maximum atomic E-state index is 12.0. The first-order valence-electron chi connectivity index (χ1n) is 5.83. The zero-order valence-corrected chi connectivity index (χ0v) is 10.6. The molecule has 1 heterocycles. The normalized spacial score (nSPS) is 10.3. The fourth-order valence-corrected chi connectivity index (χ4v) is 1.71. The Balaban J connectivity index is 1.95. The molecule has 0 spiro atoms. The summed E-state index contributed by atoms with van der Waals surface area (Å²) in [5.74, 6) is 0.665. The van der Waals surface area contributed by atoms with Crippen LogP contribution in [0, 0.1) is 6.92 Å². The lowest BCUT2D eigenvalue weighted by Gasteiger charge is -2.16. The predicted molar refractivity (Wildman–Crippen MR) is 67.9 cm³/mol. The molecule has 94 valence electrons. The van der Waals surface area contributed by atoms with E-state index in [1.54, 1.807) is 11.9 Å². The summed E-state index contributed by atoms with van der Waals surface area (Å²) >= 11 is 0. The third-order valence-electron chi connectivity index (χ3n) is 2.84. The SMILES string of the molecule is Cc1ncoc1CC(=O)N(C)Cc1ccccc1. The van der Waals surface area contributed by atoms with Crippen LogP contribution in [-0.2, 0) is 17.8 Å². The van der Waals surface area contributed by atoms with Gasteiger partial charge in [-0.3, -0.25) is 4.79 Å². The monoisotopic (exact) mass is 244 g/mol. The summed E-state index contributed by atoms with van der Waals surface area (Å²) in [6.07, 6.45) is 1.63. The van der Waals surface area contributed by atoms with Crippen LogP contribution in [0.1, 0.15) is 17.0 Å². The van der Waals surface area contributed by atoms with Crippen LogP contribution < -0.4 is 0 Å². The van der Waals surface area contributed by atoms with Crippen LogP contribution >= 0.6 is 0 Å². The number of carbonyl (C=O) groups is 1. The molecular weight excluding hydrogens is 228 g/mol. The molecule has 1 amide bonds. The Morgan fingerprint density at radius 1 is 1.33 bits per heavy atom. The van der Waals surface area contributed by atoms with Gasteiger partial charge in [-0.15, -0.1) is 0 Å². The van der Waals surface area contributed by atoms with Crippen molar-refractivity contribution in [3.63, 3.8) is 0 Å². The summed E-state index contributed by atoms with van der Waals surface area (Å²) in [5, 5.41) is 0. The van der Waals surface area contributed by atoms with E-state index in [4.69, 9.17) is 4.42 Å². The topological polar surface area (TPSA) is 46.3 Å². The van der Waals surface area contributed by atoms with Crippen molar-refractivity contribution in [1.29, 1.82) is 0 Å². The van der Waals surface area contributed by atoms with Crippen molar-refractivity contribution in [3.8, 4) is 0 Å².